The van der Waals surface area contributed by atoms with Crippen LogP contribution >= 0.6 is 0 Å². The highest BCUT2D eigenvalue weighted by Crippen LogP contribution is 2.30. The van der Waals surface area contributed by atoms with E-state index in [1.165, 1.54) is 12.5 Å². The molecule has 0 radical (unpaired) electrons. The van der Waals surface area contributed by atoms with Crippen molar-refractivity contribution in [2.75, 3.05) is 13.2 Å². The molecule has 0 saturated carbocycles. The number of ether oxygens (including phenoxy) is 1. The van der Waals surface area contributed by atoms with Crippen molar-refractivity contribution in [2.45, 2.75) is 25.9 Å². The highest BCUT2D eigenvalue weighted by atomic mass is 16.5. The maximum Gasteiger partial charge on any atom is 0.216 e. The molecule has 1 atom stereocenters. The van der Waals surface area contributed by atoms with Gasteiger partial charge in [0.1, 0.15) is 5.75 Å². The molecule has 0 fully saturated rings. The maximum atomic E-state index is 10.8. The monoisotopic (exact) mass is 235 g/mol. The van der Waals surface area contributed by atoms with E-state index in [4.69, 9.17) is 4.74 Å². The molecule has 0 spiro atoms. The highest BCUT2D eigenvalue weighted by Gasteiger charge is 2.20. The van der Waals surface area contributed by atoms with Crippen LogP contribution in [-0.2, 0) is 16.1 Å². The Morgan fingerprint density at radius 1 is 1.59 bits per heavy atom. The summed E-state index contributed by atoms with van der Waals surface area (Å²) in [5.41, 5.74) is 2.27. The van der Waals surface area contributed by atoms with Crippen molar-refractivity contribution in [3.63, 3.8) is 0 Å². The van der Waals surface area contributed by atoms with Gasteiger partial charge in [0.15, 0.2) is 0 Å². The number of nitrogens with one attached hydrogen (secondary N) is 1. The van der Waals surface area contributed by atoms with Crippen LogP contribution in [0.5, 0.6) is 5.75 Å². The highest BCUT2D eigenvalue weighted by molar-refractivity contribution is 5.72. The first-order valence-corrected chi connectivity index (χ1v) is 5.81. The summed E-state index contributed by atoms with van der Waals surface area (Å²) in [4.78, 5) is 10.8. The zero-order chi connectivity index (χ0) is 12.3. The molecule has 1 heterocycles. The number of aromatic hydroxyl groups is 1. The third-order valence-corrected chi connectivity index (χ3v) is 3.01. The predicted octanol–water partition coefficient (Wildman–Crippen LogP) is 1.53. The van der Waals surface area contributed by atoms with E-state index in [1.807, 2.05) is 6.07 Å². The Bertz CT molecular complexity index is 417. The summed E-state index contributed by atoms with van der Waals surface area (Å²) in [5, 5.41) is 12.2. The SMILES string of the molecule is CC(=O)NCCC1COCc2cc(O)ccc21. The van der Waals surface area contributed by atoms with Crippen molar-refractivity contribution in [1.29, 1.82) is 0 Å². The van der Waals surface area contributed by atoms with Gasteiger partial charge in [-0.2, -0.15) is 0 Å². The van der Waals surface area contributed by atoms with Gasteiger partial charge in [0.25, 0.3) is 0 Å². The van der Waals surface area contributed by atoms with Crippen LogP contribution in [0.4, 0.5) is 0 Å². The minimum Gasteiger partial charge on any atom is -0.508 e. The third-order valence-electron chi connectivity index (χ3n) is 3.01. The van der Waals surface area contributed by atoms with E-state index in [9.17, 15) is 9.90 Å². The number of phenols is 1. The van der Waals surface area contributed by atoms with Crippen molar-refractivity contribution in [2.24, 2.45) is 0 Å². The summed E-state index contributed by atoms with van der Waals surface area (Å²) in [5.74, 6) is 0.564. The number of carbonyl (C=O) groups is 1. The summed E-state index contributed by atoms with van der Waals surface area (Å²) in [6.07, 6.45) is 0.858. The molecule has 17 heavy (non-hydrogen) atoms. The lowest BCUT2D eigenvalue weighted by Gasteiger charge is -2.25. The number of amides is 1. The van der Waals surface area contributed by atoms with Crippen molar-refractivity contribution < 1.29 is 14.6 Å². The zero-order valence-electron chi connectivity index (χ0n) is 9.90. The zero-order valence-corrected chi connectivity index (χ0v) is 9.90. The van der Waals surface area contributed by atoms with E-state index >= 15 is 0 Å². The smallest absolute Gasteiger partial charge is 0.216 e. The number of hydrogen-bond acceptors (Lipinski definition) is 3. The molecule has 4 heteroatoms. The van der Waals surface area contributed by atoms with Crippen LogP contribution in [0.15, 0.2) is 18.2 Å². The van der Waals surface area contributed by atoms with Crippen LogP contribution < -0.4 is 5.32 Å². The van der Waals surface area contributed by atoms with Crippen LogP contribution in [0.25, 0.3) is 0 Å². The van der Waals surface area contributed by atoms with Crippen LogP contribution in [0, 0.1) is 0 Å². The Morgan fingerprint density at radius 2 is 2.41 bits per heavy atom. The second kappa shape index (κ2) is 5.19. The molecule has 0 bridgehead atoms. The average molecular weight is 235 g/mol. The van der Waals surface area contributed by atoms with Crippen LogP contribution in [0.2, 0.25) is 0 Å². The third kappa shape index (κ3) is 2.97. The van der Waals surface area contributed by atoms with Crippen LogP contribution in [0.3, 0.4) is 0 Å². The molecule has 1 aromatic carbocycles. The lowest BCUT2D eigenvalue weighted by Crippen LogP contribution is -2.25. The van der Waals surface area contributed by atoms with E-state index in [2.05, 4.69) is 5.32 Å². The molecule has 0 aliphatic carbocycles. The average Bonchev–Trinajstić information content (AvgIpc) is 2.28. The van der Waals surface area contributed by atoms with Gasteiger partial charge >= 0.3 is 0 Å². The number of rotatable bonds is 3. The van der Waals surface area contributed by atoms with Crippen molar-refractivity contribution in [1.82, 2.24) is 5.32 Å². The lowest BCUT2D eigenvalue weighted by molar-refractivity contribution is -0.119. The molecule has 1 aliphatic heterocycles. The fourth-order valence-corrected chi connectivity index (χ4v) is 2.18. The topological polar surface area (TPSA) is 58.6 Å². The van der Waals surface area contributed by atoms with Crippen LogP contribution in [-0.4, -0.2) is 24.2 Å². The summed E-state index contributed by atoms with van der Waals surface area (Å²) in [6, 6.07) is 5.40. The Morgan fingerprint density at radius 3 is 3.18 bits per heavy atom. The largest absolute Gasteiger partial charge is 0.508 e. The fourth-order valence-electron chi connectivity index (χ4n) is 2.18. The Balaban J connectivity index is 2.04. The molecular weight excluding hydrogens is 218 g/mol. The molecule has 1 amide bonds. The molecule has 4 nitrogen and oxygen atoms in total. The second-order valence-electron chi connectivity index (χ2n) is 4.37. The van der Waals surface area contributed by atoms with E-state index in [0.29, 0.717) is 25.7 Å². The Labute approximate surface area is 101 Å². The van der Waals surface area contributed by atoms with Crippen molar-refractivity contribution >= 4 is 5.91 Å². The maximum absolute atomic E-state index is 10.8. The Kier molecular flexibility index (Phi) is 3.64. The van der Waals surface area contributed by atoms with E-state index < -0.39 is 0 Å². The molecule has 1 unspecified atom stereocenters. The molecule has 2 rings (SSSR count). The van der Waals surface area contributed by atoms with Gasteiger partial charge in [0.05, 0.1) is 13.2 Å². The lowest BCUT2D eigenvalue weighted by atomic mass is 9.90. The standard InChI is InChI=1S/C13H17NO3/c1-9(15)14-5-4-10-7-17-8-11-6-12(16)2-3-13(10)11/h2-3,6,10,16H,4-5,7-8H2,1H3,(H,14,15). The molecule has 1 aliphatic rings. The molecule has 0 saturated heterocycles. The number of fused-ring (bicyclic) bond motifs is 1. The molecule has 1 aromatic rings. The van der Waals surface area contributed by atoms with Gasteiger partial charge in [-0.1, -0.05) is 6.07 Å². The quantitative estimate of drug-likeness (QED) is 0.835. The summed E-state index contributed by atoms with van der Waals surface area (Å²) in [6.45, 7) is 3.41. The fraction of sp³-hybridized carbons (Fsp3) is 0.462. The minimum absolute atomic E-state index is 0.00680. The van der Waals surface area contributed by atoms with Crippen molar-refractivity contribution in [3.8, 4) is 5.75 Å². The number of hydrogen-bond donors (Lipinski definition) is 2. The molecular formula is C13H17NO3. The van der Waals surface area contributed by atoms with Gasteiger partial charge in [0, 0.05) is 19.4 Å². The molecule has 2 N–H and O–H groups in total. The van der Waals surface area contributed by atoms with Gasteiger partial charge in [-0.3, -0.25) is 4.79 Å². The summed E-state index contributed by atoms with van der Waals surface area (Å²) >= 11 is 0. The minimum atomic E-state index is -0.00680. The van der Waals surface area contributed by atoms with Gasteiger partial charge in [0.2, 0.25) is 5.91 Å². The van der Waals surface area contributed by atoms with Crippen molar-refractivity contribution in [3.05, 3.63) is 29.3 Å². The predicted molar refractivity (Wildman–Crippen MR) is 63.8 cm³/mol. The molecule has 92 valence electrons. The normalized spacial score (nSPS) is 18.5. The second-order valence-corrected chi connectivity index (χ2v) is 4.37. The van der Waals surface area contributed by atoms with Gasteiger partial charge in [-0.15, -0.1) is 0 Å². The number of phenolic OH excluding ortho intramolecular Hbond substituents is 1. The van der Waals surface area contributed by atoms with E-state index in [-0.39, 0.29) is 11.7 Å². The van der Waals surface area contributed by atoms with E-state index in [1.54, 1.807) is 12.1 Å². The Hall–Kier alpha value is -1.55. The first-order valence-electron chi connectivity index (χ1n) is 5.81. The number of benzene rings is 1. The summed E-state index contributed by atoms with van der Waals surface area (Å²) < 4.78 is 5.50. The first kappa shape index (κ1) is 11.9. The van der Waals surface area contributed by atoms with E-state index in [0.717, 1.165) is 12.0 Å². The van der Waals surface area contributed by atoms with Gasteiger partial charge in [-0.05, 0) is 29.7 Å². The van der Waals surface area contributed by atoms with Gasteiger partial charge in [-0.25, -0.2) is 0 Å². The van der Waals surface area contributed by atoms with Crippen LogP contribution in [0.1, 0.15) is 30.4 Å². The summed E-state index contributed by atoms with van der Waals surface area (Å²) in [7, 11) is 0. The first-order chi connectivity index (χ1) is 8.16. The molecule has 0 aromatic heterocycles. The number of carbonyl (C=O) groups excluding carboxylic acids is 1. The van der Waals surface area contributed by atoms with Gasteiger partial charge < -0.3 is 15.2 Å².